The lowest BCUT2D eigenvalue weighted by Crippen LogP contribution is -2.55. The van der Waals surface area contributed by atoms with Crippen LogP contribution in [0.5, 0.6) is 0 Å². The molecule has 0 spiro atoms. The van der Waals surface area contributed by atoms with E-state index in [9.17, 15) is 26.3 Å². The number of halogens is 6. The predicted octanol–water partition coefficient (Wildman–Crippen LogP) is 4.45. The van der Waals surface area contributed by atoms with Crippen LogP contribution in [0, 0.1) is 17.3 Å². The van der Waals surface area contributed by atoms with Gasteiger partial charge in [0.1, 0.15) is 0 Å². The van der Waals surface area contributed by atoms with Crippen molar-refractivity contribution >= 4 is 0 Å². The molecule has 7 heteroatoms. The molecule has 0 saturated carbocycles. The Labute approximate surface area is 114 Å². The maximum atomic E-state index is 12.4. The summed E-state index contributed by atoms with van der Waals surface area (Å²) in [6, 6.07) is 0. The molecule has 0 fully saturated rings. The SMILES string of the molecule is CCCCC(C)(C)CC#CC(O)(C(F)(F)F)C(F)(F)F. The Morgan fingerprint density at radius 1 is 0.950 bits per heavy atom. The maximum absolute atomic E-state index is 12.4. The van der Waals surface area contributed by atoms with Crippen LogP contribution in [0.4, 0.5) is 26.3 Å². The van der Waals surface area contributed by atoms with E-state index < -0.39 is 23.4 Å². The van der Waals surface area contributed by atoms with Crippen LogP contribution in [0.15, 0.2) is 0 Å². The van der Waals surface area contributed by atoms with Gasteiger partial charge in [0.15, 0.2) is 0 Å². The van der Waals surface area contributed by atoms with Crippen molar-refractivity contribution in [3.8, 4) is 11.8 Å². The first kappa shape index (κ1) is 19.1. The monoisotopic (exact) mass is 304 g/mol. The Bertz CT molecular complexity index is 355. The fourth-order valence-electron chi connectivity index (χ4n) is 1.46. The highest BCUT2D eigenvalue weighted by Crippen LogP contribution is 2.42. The second-order valence-electron chi connectivity index (χ2n) is 5.45. The van der Waals surface area contributed by atoms with Gasteiger partial charge >= 0.3 is 18.0 Å². The quantitative estimate of drug-likeness (QED) is 0.601. The highest BCUT2D eigenvalue weighted by molar-refractivity contribution is 5.21. The largest absolute Gasteiger partial charge is 0.438 e. The minimum Gasteiger partial charge on any atom is -0.363 e. The lowest BCUT2D eigenvalue weighted by molar-refractivity contribution is -0.343. The highest BCUT2D eigenvalue weighted by atomic mass is 19.4. The molecule has 1 N–H and O–H groups in total. The van der Waals surface area contributed by atoms with Crippen LogP contribution in [0.2, 0.25) is 0 Å². The van der Waals surface area contributed by atoms with E-state index in [-0.39, 0.29) is 6.42 Å². The van der Waals surface area contributed by atoms with E-state index in [2.05, 4.69) is 0 Å². The van der Waals surface area contributed by atoms with E-state index in [1.807, 2.05) is 12.8 Å². The molecule has 0 bridgehead atoms. The fourth-order valence-corrected chi connectivity index (χ4v) is 1.46. The summed E-state index contributed by atoms with van der Waals surface area (Å²) in [5.74, 6) is 2.81. The molecule has 0 aliphatic rings. The lowest BCUT2D eigenvalue weighted by atomic mass is 9.84. The molecular weight excluding hydrogens is 286 g/mol. The van der Waals surface area contributed by atoms with E-state index in [1.165, 1.54) is 0 Å². The molecule has 20 heavy (non-hydrogen) atoms. The number of hydrogen-bond acceptors (Lipinski definition) is 1. The van der Waals surface area contributed by atoms with Gasteiger partial charge in [0.25, 0.3) is 0 Å². The molecule has 0 aromatic heterocycles. The minimum absolute atomic E-state index is 0.151. The Morgan fingerprint density at radius 2 is 1.40 bits per heavy atom. The van der Waals surface area contributed by atoms with E-state index in [4.69, 9.17) is 5.11 Å². The van der Waals surface area contributed by atoms with Gasteiger partial charge in [-0.15, -0.1) is 0 Å². The van der Waals surface area contributed by atoms with Crippen molar-refractivity contribution in [3.63, 3.8) is 0 Å². The smallest absolute Gasteiger partial charge is 0.363 e. The zero-order chi connectivity index (χ0) is 16.2. The third-order valence-electron chi connectivity index (χ3n) is 2.86. The summed E-state index contributed by atoms with van der Waals surface area (Å²) >= 11 is 0. The second-order valence-corrected chi connectivity index (χ2v) is 5.45. The first-order chi connectivity index (χ1) is 8.77. The summed E-state index contributed by atoms with van der Waals surface area (Å²) in [4.78, 5) is 0. The van der Waals surface area contributed by atoms with Crippen LogP contribution >= 0.6 is 0 Å². The summed E-state index contributed by atoms with van der Waals surface area (Å²) < 4.78 is 74.1. The molecule has 1 nitrogen and oxygen atoms in total. The molecular formula is C13H18F6O. The predicted molar refractivity (Wildman–Crippen MR) is 62.8 cm³/mol. The standard InChI is InChI=1S/C13H18F6O/c1-4-5-7-10(2,3)8-6-9-11(20,12(14,15)16)13(17,18)19/h20H,4-5,7-8H2,1-3H3. The lowest BCUT2D eigenvalue weighted by Gasteiger charge is -2.27. The van der Waals surface area contributed by atoms with Gasteiger partial charge in [-0.1, -0.05) is 39.5 Å². The molecule has 0 unspecified atom stereocenters. The first-order valence-electron chi connectivity index (χ1n) is 6.13. The molecule has 0 aliphatic heterocycles. The molecule has 0 aromatic carbocycles. The molecule has 0 atom stereocenters. The summed E-state index contributed by atoms with van der Waals surface area (Å²) in [7, 11) is 0. The maximum Gasteiger partial charge on any atom is 0.438 e. The van der Waals surface area contributed by atoms with Gasteiger partial charge in [-0.25, -0.2) is 0 Å². The van der Waals surface area contributed by atoms with Crippen LogP contribution in [-0.4, -0.2) is 23.1 Å². The van der Waals surface area contributed by atoms with Crippen molar-refractivity contribution in [2.45, 2.75) is 64.4 Å². The highest BCUT2D eigenvalue weighted by Gasteiger charge is 2.70. The van der Waals surface area contributed by atoms with Crippen LogP contribution in [0.3, 0.4) is 0 Å². The van der Waals surface area contributed by atoms with E-state index >= 15 is 0 Å². The van der Waals surface area contributed by atoms with Gasteiger partial charge in [-0.05, 0) is 17.8 Å². The van der Waals surface area contributed by atoms with E-state index in [1.54, 1.807) is 13.8 Å². The molecule has 0 rings (SSSR count). The van der Waals surface area contributed by atoms with Crippen LogP contribution in [-0.2, 0) is 0 Å². The molecule has 0 radical (unpaired) electrons. The van der Waals surface area contributed by atoms with E-state index in [0.717, 1.165) is 18.8 Å². The Balaban J connectivity index is 5.12. The van der Waals surface area contributed by atoms with Gasteiger partial charge in [-0.2, -0.15) is 26.3 Å². The fraction of sp³-hybridized carbons (Fsp3) is 0.846. The van der Waals surface area contributed by atoms with Crippen molar-refractivity contribution in [1.29, 1.82) is 0 Å². The van der Waals surface area contributed by atoms with Crippen LogP contribution < -0.4 is 0 Å². The van der Waals surface area contributed by atoms with Crippen molar-refractivity contribution in [2.24, 2.45) is 5.41 Å². The van der Waals surface area contributed by atoms with Crippen molar-refractivity contribution in [3.05, 3.63) is 0 Å². The van der Waals surface area contributed by atoms with Crippen molar-refractivity contribution in [1.82, 2.24) is 0 Å². The summed E-state index contributed by atoms with van der Waals surface area (Å²) in [5, 5.41) is 8.83. The third-order valence-corrected chi connectivity index (χ3v) is 2.86. The number of alkyl halides is 6. The minimum atomic E-state index is -5.88. The third kappa shape index (κ3) is 4.89. The van der Waals surface area contributed by atoms with Crippen LogP contribution in [0.25, 0.3) is 0 Å². The average Bonchev–Trinajstić information content (AvgIpc) is 2.23. The molecule has 118 valence electrons. The summed E-state index contributed by atoms with van der Waals surface area (Å²) in [5.41, 5.74) is -5.47. The first-order valence-corrected chi connectivity index (χ1v) is 6.13. The van der Waals surface area contributed by atoms with Crippen molar-refractivity contribution in [2.75, 3.05) is 0 Å². The van der Waals surface area contributed by atoms with E-state index in [0.29, 0.717) is 6.42 Å². The van der Waals surface area contributed by atoms with Gasteiger partial charge < -0.3 is 5.11 Å². The molecule has 0 heterocycles. The van der Waals surface area contributed by atoms with Crippen molar-refractivity contribution < 1.29 is 31.4 Å². The summed E-state index contributed by atoms with van der Waals surface area (Å²) in [6.07, 6.45) is -9.61. The van der Waals surface area contributed by atoms with Gasteiger partial charge in [0, 0.05) is 6.42 Å². The second kappa shape index (κ2) is 6.25. The molecule has 0 aliphatic carbocycles. The number of rotatable bonds is 4. The van der Waals surface area contributed by atoms with Gasteiger partial charge in [-0.3, -0.25) is 0 Å². The summed E-state index contributed by atoms with van der Waals surface area (Å²) in [6.45, 7) is 5.34. The zero-order valence-corrected chi connectivity index (χ0v) is 11.5. The number of unbranched alkanes of at least 4 members (excludes halogenated alkanes) is 1. The number of hydrogen-bond donors (Lipinski definition) is 1. The molecule has 0 amide bonds. The molecule has 0 aromatic rings. The average molecular weight is 304 g/mol. The van der Waals surface area contributed by atoms with Crippen LogP contribution in [0.1, 0.15) is 46.5 Å². The normalized spacial score (nSPS) is 13.9. The number of aliphatic hydroxyl groups is 1. The Morgan fingerprint density at radius 3 is 1.75 bits per heavy atom. The molecule has 0 saturated heterocycles. The Kier molecular flexibility index (Phi) is 5.97. The van der Waals surface area contributed by atoms with Gasteiger partial charge in [0.2, 0.25) is 0 Å². The van der Waals surface area contributed by atoms with Gasteiger partial charge in [0.05, 0.1) is 0 Å². The Hall–Kier alpha value is -0.900. The topological polar surface area (TPSA) is 20.2 Å². The zero-order valence-electron chi connectivity index (χ0n) is 11.5.